The van der Waals surface area contributed by atoms with Crippen LogP contribution in [0.1, 0.15) is 11.1 Å². The first-order valence-electron chi connectivity index (χ1n) is 23.0. The molecule has 68 heavy (non-hydrogen) atoms. The molecule has 0 N–H and O–H groups in total. The Morgan fingerprint density at radius 1 is 0.265 bits per heavy atom. The first kappa shape index (κ1) is 39.4. The molecule has 0 fully saturated rings. The highest BCUT2D eigenvalue weighted by atomic mass is 16.5. The Hall–Kier alpha value is -9.00. The molecule has 3 aromatic heterocycles. The third-order valence-corrected chi connectivity index (χ3v) is 13.2. The number of hydrogen-bond donors (Lipinski definition) is 0. The lowest BCUT2D eigenvalue weighted by molar-refractivity contribution is 0.462. The molecular weight excluding hydrogens is 835 g/mol. The number of nitrogens with zero attached hydrogens (tertiary/aromatic N) is 3. The average molecular weight is 878 g/mol. The fourth-order valence-electron chi connectivity index (χ4n) is 10.2. The topological polar surface area (TPSA) is 42.5 Å². The summed E-state index contributed by atoms with van der Waals surface area (Å²) in [6, 6.07) is 78.1. The highest BCUT2D eigenvalue weighted by Gasteiger charge is 2.23. The molecule has 13 aromatic rings. The molecule has 13 rings (SSSR count). The largest absolute Gasteiger partial charge is 0.457 e. The van der Waals surface area contributed by atoms with Crippen molar-refractivity contribution in [2.75, 3.05) is 0 Å². The van der Waals surface area contributed by atoms with Gasteiger partial charge in [0.2, 0.25) is 0 Å². The Kier molecular flexibility index (Phi) is 9.18. The van der Waals surface area contributed by atoms with Gasteiger partial charge in [0.1, 0.15) is 23.0 Å². The molecule has 0 atom stereocenters. The highest BCUT2D eigenvalue weighted by molar-refractivity contribution is 6.12. The van der Waals surface area contributed by atoms with Gasteiger partial charge in [-0.15, -0.1) is 0 Å². The lowest BCUT2D eigenvalue weighted by Crippen LogP contribution is -2.03. The van der Waals surface area contributed by atoms with Crippen molar-refractivity contribution in [1.29, 1.82) is 0 Å². The summed E-state index contributed by atoms with van der Waals surface area (Å²) in [5.41, 5.74) is 11.3. The van der Waals surface area contributed by atoms with Crippen LogP contribution in [0.2, 0.25) is 0 Å². The Labute approximate surface area is 392 Å². The van der Waals surface area contributed by atoms with E-state index in [9.17, 15) is 0 Å². The van der Waals surface area contributed by atoms with Crippen molar-refractivity contribution in [3.8, 4) is 51.6 Å². The molecule has 0 spiro atoms. The van der Waals surface area contributed by atoms with Crippen molar-refractivity contribution in [2.24, 2.45) is 0 Å². The molecule has 0 radical (unpaired) electrons. The van der Waals surface area contributed by atoms with E-state index in [1.807, 2.05) is 42.5 Å². The van der Waals surface area contributed by atoms with E-state index in [0.717, 1.165) is 106 Å². The van der Waals surface area contributed by atoms with E-state index >= 15 is 0 Å². The van der Waals surface area contributed by atoms with Crippen LogP contribution in [0.15, 0.2) is 224 Å². The summed E-state index contributed by atoms with van der Waals surface area (Å²) in [5, 5.41) is 6.96. The molecule has 0 bridgehead atoms. The van der Waals surface area contributed by atoms with Crippen molar-refractivity contribution in [3.63, 3.8) is 0 Å². The molecule has 0 aliphatic heterocycles. The number of fused-ring (bicyclic) bond motifs is 9. The fraction of sp³-hybridized carbons (Fsp3) is 0.0323. The predicted octanol–water partition coefficient (Wildman–Crippen LogP) is 17.0. The van der Waals surface area contributed by atoms with Crippen LogP contribution in [0, 0.1) is 13.8 Å². The summed E-state index contributed by atoms with van der Waals surface area (Å²) in [6.07, 6.45) is 0. The Morgan fingerprint density at radius 3 is 1.26 bits per heavy atom. The number of aromatic nitrogens is 3. The Bertz CT molecular complexity index is 3980. The second-order valence-corrected chi connectivity index (χ2v) is 17.4. The summed E-state index contributed by atoms with van der Waals surface area (Å²) in [5.74, 6) is 4.49. The molecule has 0 aliphatic carbocycles. The zero-order chi connectivity index (χ0) is 45.3. The van der Waals surface area contributed by atoms with E-state index in [1.165, 1.54) is 10.8 Å². The summed E-state index contributed by atoms with van der Waals surface area (Å²) in [4.78, 5) is 0. The van der Waals surface area contributed by atoms with Gasteiger partial charge in [0.25, 0.3) is 0 Å². The van der Waals surface area contributed by atoms with Crippen LogP contribution < -0.4 is 14.2 Å². The van der Waals surface area contributed by atoms with Gasteiger partial charge in [-0.05, 0) is 110 Å². The van der Waals surface area contributed by atoms with E-state index in [0.29, 0.717) is 11.5 Å². The molecule has 3 heterocycles. The smallest absolute Gasteiger partial charge is 0.154 e. The summed E-state index contributed by atoms with van der Waals surface area (Å²) >= 11 is 0. The Morgan fingerprint density at radius 2 is 0.706 bits per heavy atom. The molecule has 0 aliphatic rings. The van der Waals surface area contributed by atoms with E-state index in [4.69, 9.17) is 14.2 Å². The lowest BCUT2D eigenvalue weighted by Gasteiger charge is -2.21. The quantitative estimate of drug-likeness (QED) is 0.145. The second kappa shape index (κ2) is 15.9. The lowest BCUT2D eigenvalue weighted by atomic mass is 10.1. The number of rotatable bonds is 9. The van der Waals surface area contributed by atoms with Crippen LogP contribution in [0.25, 0.3) is 82.5 Å². The van der Waals surface area contributed by atoms with Crippen molar-refractivity contribution in [2.45, 2.75) is 13.8 Å². The zero-order valence-corrected chi connectivity index (χ0v) is 37.4. The first-order valence-corrected chi connectivity index (χ1v) is 23.0. The normalized spacial score (nSPS) is 11.7. The number of para-hydroxylation sites is 7. The van der Waals surface area contributed by atoms with Gasteiger partial charge in [-0.25, -0.2) is 0 Å². The molecular formula is C62H43N3O3. The fourth-order valence-corrected chi connectivity index (χ4v) is 10.2. The maximum atomic E-state index is 7.25. The predicted molar refractivity (Wildman–Crippen MR) is 278 cm³/mol. The van der Waals surface area contributed by atoms with Crippen molar-refractivity contribution in [1.82, 2.24) is 13.7 Å². The number of hydrogen-bond acceptors (Lipinski definition) is 3. The van der Waals surface area contributed by atoms with Gasteiger partial charge in [0, 0.05) is 56.2 Å². The first-order chi connectivity index (χ1) is 33.6. The minimum atomic E-state index is 0.705. The van der Waals surface area contributed by atoms with Gasteiger partial charge in [0.05, 0.1) is 44.5 Å². The van der Waals surface area contributed by atoms with Crippen LogP contribution in [0.4, 0.5) is 0 Å². The van der Waals surface area contributed by atoms with Crippen LogP contribution in [-0.4, -0.2) is 13.7 Å². The summed E-state index contributed by atoms with van der Waals surface area (Å²) < 4.78 is 27.8. The van der Waals surface area contributed by atoms with Gasteiger partial charge >= 0.3 is 0 Å². The molecule has 0 amide bonds. The summed E-state index contributed by atoms with van der Waals surface area (Å²) in [6.45, 7) is 4.23. The van der Waals surface area contributed by atoms with Gasteiger partial charge in [-0.2, -0.15) is 0 Å². The maximum Gasteiger partial charge on any atom is 0.154 e. The van der Waals surface area contributed by atoms with Crippen LogP contribution in [0.5, 0.6) is 34.5 Å². The van der Waals surface area contributed by atoms with Crippen LogP contribution >= 0.6 is 0 Å². The molecule has 0 saturated heterocycles. The minimum Gasteiger partial charge on any atom is -0.457 e. The van der Waals surface area contributed by atoms with Gasteiger partial charge in [-0.1, -0.05) is 121 Å². The van der Waals surface area contributed by atoms with Crippen molar-refractivity contribution in [3.05, 3.63) is 236 Å². The van der Waals surface area contributed by atoms with Gasteiger partial charge in [-0.3, -0.25) is 0 Å². The zero-order valence-electron chi connectivity index (χ0n) is 37.4. The van der Waals surface area contributed by atoms with Gasteiger partial charge in [0.15, 0.2) is 11.5 Å². The van der Waals surface area contributed by atoms with E-state index in [-0.39, 0.29) is 0 Å². The van der Waals surface area contributed by atoms with E-state index < -0.39 is 0 Å². The summed E-state index contributed by atoms with van der Waals surface area (Å²) in [7, 11) is 0. The molecule has 6 heteroatoms. The molecule has 0 saturated carbocycles. The maximum absolute atomic E-state index is 7.25. The SMILES string of the molecule is Cc1cccc(-n2c3ccccc3c3ccccc32)c1Oc1cc(C)c(Oc2ccc3c4ccc(Oc5ccccc5)cc4n(-c4ccccc4)c3c2)c(-n2c3ccccc3c3ccccc32)c1. The monoisotopic (exact) mass is 877 g/mol. The van der Waals surface area contributed by atoms with Crippen LogP contribution in [0.3, 0.4) is 0 Å². The van der Waals surface area contributed by atoms with Crippen molar-refractivity contribution >= 4 is 65.4 Å². The van der Waals surface area contributed by atoms with E-state index in [1.54, 1.807) is 0 Å². The molecule has 0 unspecified atom stereocenters. The van der Waals surface area contributed by atoms with Crippen molar-refractivity contribution < 1.29 is 14.2 Å². The minimum absolute atomic E-state index is 0.705. The number of aryl methyl sites for hydroxylation is 2. The molecule has 6 nitrogen and oxygen atoms in total. The molecule has 10 aromatic carbocycles. The standard InChI is InChI=1S/C62H43N3O3/c1-40-18-17-31-57(64-53-27-13-9-23-47(53)48-24-10-14-28-54(48)64)61(40)68-46-36-41(2)62(60(39-46)65-55-29-15-11-25-49(55)50-26-12-16-30-56(50)65)67-45-33-35-52-51-34-32-44(66-43-21-7-4-8-22-43)37-58(51)63(59(52)38-45)42-19-5-3-6-20-42/h3-39H,1-2H3. The third-order valence-electron chi connectivity index (χ3n) is 13.2. The number of ether oxygens (including phenoxy) is 3. The second-order valence-electron chi connectivity index (χ2n) is 17.4. The van der Waals surface area contributed by atoms with Gasteiger partial charge < -0.3 is 27.9 Å². The highest BCUT2D eigenvalue weighted by Crippen LogP contribution is 2.45. The third kappa shape index (κ3) is 6.41. The number of benzene rings is 10. The Balaban J connectivity index is 0.988. The van der Waals surface area contributed by atoms with Crippen LogP contribution in [-0.2, 0) is 0 Å². The van der Waals surface area contributed by atoms with E-state index in [2.05, 4.69) is 210 Å². The average Bonchev–Trinajstić information content (AvgIpc) is 4.01. The molecule has 324 valence electrons.